The number of nitrogens with one attached hydrogen (secondary N) is 1. The van der Waals surface area contributed by atoms with Gasteiger partial charge in [-0.1, -0.05) is 0 Å². The van der Waals surface area contributed by atoms with Gasteiger partial charge in [-0.2, -0.15) is 0 Å². The largest absolute Gasteiger partial charge is 0.493 e. The fourth-order valence-electron chi connectivity index (χ4n) is 2.65. The molecule has 0 saturated heterocycles. The fourth-order valence-corrected chi connectivity index (χ4v) is 3.01. The summed E-state index contributed by atoms with van der Waals surface area (Å²) in [4.78, 5) is 2.18. The second kappa shape index (κ2) is 7.65. The molecule has 1 aliphatic heterocycles. The van der Waals surface area contributed by atoms with Crippen molar-refractivity contribution in [1.82, 2.24) is 10.2 Å². The van der Waals surface area contributed by atoms with Gasteiger partial charge in [-0.15, -0.1) is 0 Å². The van der Waals surface area contributed by atoms with Gasteiger partial charge < -0.3 is 24.4 Å². The second-order valence-corrected chi connectivity index (χ2v) is 5.84. The number of thiocarbonyl (C=S) groups is 1. The lowest BCUT2D eigenvalue weighted by Crippen LogP contribution is -2.46. The molecule has 1 atom stereocenters. The van der Waals surface area contributed by atoms with Gasteiger partial charge in [-0.3, -0.25) is 0 Å². The van der Waals surface area contributed by atoms with Gasteiger partial charge in [0.2, 0.25) is 0 Å². The lowest BCUT2D eigenvalue weighted by molar-refractivity contribution is 0.177. The molecule has 0 bridgehead atoms. The van der Waals surface area contributed by atoms with Crippen molar-refractivity contribution < 1.29 is 14.2 Å². The van der Waals surface area contributed by atoms with E-state index in [1.54, 1.807) is 21.3 Å². The highest BCUT2D eigenvalue weighted by atomic mass is 32.1. The van der Waals surface area contributed by atoms with Crippen LogP contribution in [-0.2, 0) is 17.7 Å². The van der Waals surface area contributed by atoms with Crippen molar-refractivity contribution in [2.45, 2.75) is 25.9 Å². The molecule has 0 fully saturated rings. The maximum Gasteiger partial charge on any atom is 0.169 e. The third-order valence-electron chi connectivity index (χ3n) is 3.79. The zero-order valence-electron chi connectivity index (χ0n) is 13.6. The van der Waals surface area contributed by atoms with E-state index in [0.717, 1.165) is 36.1 Å². The predicted octanol–water partition coefficient (Wildman–Crippen LogP) is 1.97. The zero-order valence-corrected chi connectivity index (χ0v) is 14.5. The lowest BCUT2D eigenvalue weighted by Gasteiger charge is -2.32. The van der Waals surface area contributed by atoms with Crippen molar-refractivity contribution in [2.24, 2.45) is 0 Å². The number of ether oxygens (including phenoxy) is 3. The minimum Gasteiger partial charge on any atom is -0.493 e. The predicted molar refractivity (Wildman–Crippen MR) is 90.7 cm³/mol. The SMILES string of the molecule is COC[C@@H](C)NC(=S)N1CCc2cc(OC)c(OC)cc2C1. The average Bonchev–Trinajstić information content (AvgIpc) is 2.52. The summed E-state index contributed by atoms with van der Waals surface area (Å²) in [7, 11) is 5.01. The van der Waals surface area contributed by atoms with Gasteiger partial charge >= 0.3 is 0 Å². The van der Waals surface area contributed by atoms with Gasteiger partial charge in [0.05, 0.1) is 20.8 Å². The number of rotatable bonds is 5. The van der Waals surface area contributed by atoms with Crippen LogP contribution in [0.5, 0.6) is 11.5 Å². The summed E-state index contributed by atoms with van der Waals surface area (Å²) in [5.74, 6) is 1.54. The molecule has 1 N–H and O–H groups in total. The zero-order chi connectivity index (χ0) is 16.1. The Morgan fingerprint density at radius 1 is 1.23 bits per heavy atom. The number of hydrogen-bond acceptors (Lipinski definition) is 4. The first-order valence-corrected chi connectivity index (χ1v) is 7.78. The molecule has 0 amide bonds. The third kappa shape index (κ3) is 3.81. The lowest BCUT2D eigenvalue weighted by atomic mass is 9.99. The number of fused-ring (bicyclic) bond motifs is 1. The molecule has 122 valence electrons. The molecule has 1 heterocycles. The van der Waals surface area contributed by atoms with E-state index in [1.165, 1.54) is 11.1 Å². The Bertz CT molecular complexity index is 536. The van der Waals surface area contributed by atoms with Crippen molar-refractivity contribution in [3.05, 3.63) is 23.3 Å². The van der Waals surface area contributed by atoms with Crippen molar-refractivity contribution in [1.29, 1.82) is 0 Å². The van der Waals surface area contributed by atoms with E-state index in [2.05, 4.69) is 23.2 Å². The van der Waals surface area contributed by atoms with Gasteiger partial charge in [-0.25, -0.2) is 0 Å². The summed E-state index contributed by atoms with van der Waals surface area (Å²) >= 11 is 5.51. The first-order valence-electron chi connectivity index (χ1n) is 7.37. The van der Waals surface area contributed by atoms with Crippen LogP contribution in [0.1, 0.15) is 18.1 Å². The molecule has 2 rings (SSSR count). The van der Waals surface area contributed by atoms with E-state index in [0.29, 0.717) is 6.61 Å². The smallest absolute Gasteiger partial charge is 0.169 e. The minimum atomic E-state index is 0.198. The minimum absolute atomic E-state index is 0.198. The number of hydrogen-bond donors (Lipinski definition) is 1. The van der Waals surface area contributed by atoms with E-state index in [-0.39, 0.29) is 6.04 Å². The van der Waals surface area contributed by atoms with Crippen LogP contribution in [0.25, 0.3) is 0 Å². The molecule has 5 nitrogen and oxygen atoms in total. The maximum absolute atomic E-state index is 5.51. The molecule has 1 aromatic rings. The van der Waals surface area contributed by atoms with E-state index >= 15 is 0 Å². The third-order valence-corrected chi connectivity index (χ3v) is 4.17. The summed E-state index contributed by atoms with van der Waals surface area (Å²) in [5.41, 5.74) is 2.52. The fraction of sp³-hybridized carbons (Fsp3) is 0.562. The van der Waals surface area contributed by atoms with Gasteiger partial charge in [0.25, 0.3) is 0 Å². The summed E-state index contributed by atoms with van der Waals surface area (Å²) in [6.45, 7) is 4.37. The Morgan fingerprint density at radius 3 is 2.45 bits per heavy atom. The van der Waals surface area contributed by atoms with Crippen LogP contribution in [0.2, 0.25) is 0 Å². The Balaban J connectivity index is 2.09. The number of methoxy groups -OCH3 is 3. The molecule has 0 radical (unpaired) electrons. The highest BCUT2D eigenvalue weighted by molar-refractivity contribution is 7.80. The molecule has 6 heteroatoms. The summed E-state index contributed by atoms with van der Waals surface area (Å²) in [5, 5.41) is 4.08. The first-order chi connectivity index (χ1) is 10.6. The highest BCUT2D eigenvalue weighted by Crippen LogP contribution is 2.33. The Kier molecular flexibility index (Phi) is 5.85. The molecule has 0 spiro atoms. The van der Waals surface area contributed by atoms with Crippen LogP contribution in [0.3, 0.4) is 0 Å². The Hall–Kier alpha value is -1.53. The van der Waals surface area contributed by atoms with Crippen LogP contribution in [-0.4, -0.2) is 50.5 Å². The van der Waals surface area contributed by atoms with Crippen LogP contribution in [0.4, 0.5) is 0 Å². The first kappa shape index (κ1) is 16.8. The van der Waals surface area contributed by atoms with Crippen LogP contribution in [0, 0.1) is 0 Å². The summed E-state index contributed by atoms with van der Waals surface area (Å²) in [6.07, 6.45) is 0.941. The van der Waals surface area contributed by atoms with Crippen molar-refractivity contribution >= 4 is 17.3 Å². The molecule has 22 heavy (non-hydrogen) atoms. The molecule has 1 aromatic carbocycles. The molecule has 0 aliphatic carbocycles. The normalized spacial score (nSPS) is 15.0. The van der Waals surface area contributed by atoms with Crippen molar-refractivity contribution in [3.8, 4) is 11.5 Å². The van der Waals surface area contributed by atoms with E-state index in [9.17, 15) is 0 Å². The Morgan fingerprint density at radius 2 is 1.86 bits per heavy atom. The van der Waals surface area contributed by atoms with E-state index in [4.69, 9.17) is 26.4 Å². The van der Waals surface area contributed by atoms with Crippen LogP contribution in [0.15, 0.2) is 12.1 Å². The molecule has 0 unspecified atom stereocenters. The van der Waals surface area contributed by atoms with Gasteiger partial charge in [0.15, 0.2) is 16.6 Å². The van der Waals surface area contributed by atoms with Gasteiger partial charge in [0, 0.05) is 26.2 Å². The Labute approximate surface area is 137 Å². The van der Waals surface area contributed by atoms with E-state index < -0.39 is 0 Å². The topological polar surface area (TPSA) is 43.0 Å². The number of nitrogens with zero attached hydrogens (tertiary/aromatic N) is 1. The van der Waals surface area contributed by atoms with Crippen LogP contribution < -0.4 is 14.8 Å². The summed E-state index contributed by atoms with van der Waals surface area (Å²) < 4.78 is 15.9. The van der Waals surface area contributed by atoms with E-state index in [1.807, 2.05) is 6.07 Å². The highest BCUT2D eigenvalue weighted by Gasteiger charge is 2.21. The average molecular weight is 324 g/mol. The molecule has 0 aromatic heterocycles. The molecule has 1 aliphatic rings. The van der Waals surface area contributed by atoms with Crippen molar-refractivity contribution in [2.75, 3.05) is 34.5 Å². The molecule has 0 saturated carbocycles. The molecular formula is C16H24N2O3S. The second-order valence-electron chi connectivity index (χ2n) is 5.45. The van der Waals surface area contributed by atoms with Crippen molar-refractivity contribution in [3.63, 3.8) is 0 Å². The summed E-state index contributed by atoms with van der Waals surface area (Å²) in [6, 6.07) is 4.31. The maximum atomic E-state index is 5.51. The molecular weight excluding hydrogens is 300 g/mol. The standard InChI is InChI=1S/C16H24N2O3S/c1-11(10-19-2)17-16(22)18-6-5-12-7-14(20-3)15(21-4)8-13(12)9-18/h7-8,11H,5-6,9-10H2,1-4H3,(H,17,22)/t11-/m1/s1. The monoisotopic (exact) mass is 324 g/mol. The number of benzene rings is 1. The van der Waals surface area contributed by atoms with Gasteiger partial charge in [-0.05, 0) is 48.8 Å². The van der Waals surface area contributed by atoms with Crippen LogP contribution >= 0.6 is 12.2 Å². The van der Waals surface area contributed by atoms with Gasteiger partial charge in [0.1, 0.15) is 0 Å². The quantitative estimate of drug-likeness (QED) is 0.836.